The maximum Gasteiger partial charge on any atom is 0.259 e. The molecule has 1 aromatic heterocycles. The first kappa shape index (κ1) is 17.0. The highest BCUT2D eigenvalue weighted by atomic mass is 19.1. The van der Waals surface area contributed by atoms with Gasteiger partial charge in [-0.1, -0.05) is 0 Å². The van der Waals surface area contributed by atoms with E-state index in [-0.39, 0.29) is 23.7 Å². The molecule has 1 unspecified atom stereocenters. The summed E-state index contributed by atoms with van der Waals surface area (Å²) in [7, 11) is 0. The summed E-state index contributed by atoms with van der Waals surface area (Å²) in [6.07, 6.45) is 3.22. The van der Waals surface area contributed by atoms with Gasteiger partial charge in [0.1, 0.15) is 5.82 Å². The van der Waals surface area contributed by atoms with Crippen LogP contribution in [-0.4, -0.2) is 33.2 Å². The lowest BCUT2D eigenvalue weighted by Crippen LogP contribution is -2.29. The second kappa shape index (κ2) is 6.96. The number of hydrogen-bond donors (Lipinski definition) is 1. The zero-order valence-corrected chi connectivity index (χ0v) is 14.1. The monoisotopic (exact) mass is 342 g/mol. The molecule has 0 aliphatic carbocycles. The van der Waals surface area contributed by atoms with Crippen LogP contribution in [0.15, 0.2) is 30.5 Å². The van der Waals surface area contributed by atoms with Crippen molar-refractivity contribution in [1.29, 1.82) is 0 Å². The largest absolute Gasteiger partial charge is 0.333 e. The Morgan fingerprint density at radius 3 is 2.64 bits per heavy atom. The van der Waals surface area contributed by atoms with Crippen molar-refractivity contribution >= 4 is 17.5 Å². The fourth-order valence-electron chi connectivity index (χ4n) is 3.01. The molecule has 2 heterocycles. The predicted molar refractivity (Wildman–Crippen MR) is 90.5 cm³/mol. The van der Waals surface area contributed by atoms with Crippen LogP contribution < -0.4 is 5.32 Å². The minimum absolute atomic E-state index is 0.00174. The summed E-state index contributed by atoms with van der Waals surface area (Å²) < 4.78 is 12.9. The molecule has 3 rings (SSSR count). The van der Waals surface area contributed by atoms with E-state index in [4.69, 9.17) is 0 Å². The van der Waals surface area contributed by atoms with E-state index < -0.39 is 0 Å². The molecule has 1 aliphatic heterocycles. The van der Waals surface area contributed by atoms with E-state index in [2.05, 4.69) is 15.3 Å². The lowest BCUT2D eigenvalue weighted by molar-refractivity contribution is -0.129. The van der Waals surface area contributed by atoms with Crippen molar-refractivity contribution in [1.82, 2.24) is 14.9 Å². The van der Waals surface area contributed by atoms with Crippen LogP contribution in [0.1, 0.15) is 47.7 Å². The molecule has 130 valence electrons. The lowest BCUT2D eigenvalue weighted by Gasteiger charge is -2.22. The third kappa shape index (κ3) is 3.65. The first-order chi connectivity index (χ1) is 12.0. The molecule has 1 aromatic carbocycles. The third-order valence-corrected chi connectivity index (χ3v) is 4.30. The maximum absolute atomic E-state index is 12.9. The van der Waals surface area contributed by atoms with Crippen molar-refractivity contribution in [2.75, 3.05) is 11.9 Å². The molecule has 2 aromatic rings. The fourth-order valence-corrected chi connectivity index (χ4v) is 3.01. The van der Waals surface area contributed by atoms with E-state index in [1.807, 2.05) is 0 Å². The van der Waals surface area contributed by atoms with Gasteiger partial charge in [-0.25, -0.2) is 14.4 Å². The van der Waals surface area contributed by atoms with Gasteiger partial charge >= 0.3 is 0 Å². The van der Waals surface area contributed by atoms with Crippen molar-refractivity contribution < 1.29 is 14.0 Å². The number of hydrogen-bond acceptors (Lipinski definition) is 4. The van der Waals surface area contributed by atoms with Gasteiger partial charge in [0, 0.05) is 25.4 Å². The molecule has 1 atom stereocenters. The van der Waals surface area contributed by atoms with Crippen molar-refractivity contribution in [3.8, 4) is 0 Å². The summed E-state index contributed by atoms with van der Waals surface area (Å²) in [5.41, 5.74) is 1.38. The van der Waals surface area contributed by atoms with Gasteiger partial charge in [-0.05, 0) is 44.0 Å². The van der Waals surface area contributed by atoms with Crippen molar-refractivity contribution in [3.63, 3.8) is 0 Å². The fraction of sp³-hybridized carbons (Fsp3) is 0.333. The van der Waals surface area contributed by atoms with Crippen LogP contribution in [-0.2, 0) is 4.79 Å². The van der Waals surface area contributed by atoms with Crippen molar-refractivity contribution in [3.05, 3.63) is 53.4 Å². The van der Waals surface area contributed by atoms with Crippen LogP contribution >= 0.6 is 0 Å². The molecule has 1 N–H and O–H groups in total. The van der Waals surface area contributed by atoms with E-state index in [0.717, 1.165) is 12.8 Å². The smallest absolute Gasteiger partial charge is 0.259 e. The van der Waals surface area contributed by atoms with E-state index >= 15 is 0 Å². The SMILES string of the molecule is CC(=O)N1CCCC1c1ncc(C(=O)Nc2ccc(F)cc2)c(C)n1. The molecule has 7 heteroatoms. The quantitative estimate of drug-likeness (QED) is 0.931. The second-order valence-electron chi connectivity index (χ2n) is 6.06. The van der Waals surface area contributed by atoms with Gasteiger partial charge in [-0.2, -0.15) is 0 Å². The average molecular weight is 342 g/mol. The minimum atomic E-state index is -0.367. The van der Waals surface area contributed by atoms with Crippen LogP contribution in [0.3, 0.4) is 0 Å². The number of anilines is 1. The molecule has 0 bridgehead atoms. The Bertz CT molecular complexity index is 807. The first-order valence-corrected chi connectivity index (χ1v) is 8.13. The van der Waals surface area contributed by atoms with Crippen LogP contribution in [0.25, 0.3) is 0 Å². The molecule has 25 heavy (non-hydrogen) atoms. The lowest BCUT2D eigenvalue weighted by atomic mass is 10.1. The van der Waals surface area contributed by atoms with E-state index in [1.165, 1.54) is 37.4 Å². The minimum Gasteiger partial charge on any atom is -0.333 e. The molecule has 0 radical (unpaired) electrons. The number of aromatic nitrogens is 2. The summed E-state index contributed by atoms with van der Waals surface area (Å²) in [5.74, 6) is -0.163. The molecule has 6 nitrogen and oxygen atoms in total. The maximum atomic E-state index is 12.9. The number of likely N-dealkylation sites (tertiary alicyclic amines) is 1. The number of nitrogens with one attached hydrogen (secondary N) is 1. The standard InChI is InChI=1S/C18H19FN4O2/c1-11-15(18(25)22-14-7-5-13(19)6-8-14)10-20-17(21-11)16-4-3-9-23(16)12(2)24/h5-8,10,16H,3-4,9H2,1-2H3,(H,22,25). The Kier molecular flexibility index (Phi) is 4.74. The van der Waals surface area contributed by atoms with Crippen LogP contribution in [0.4, 0.5) is 10.1 Å². The molecular formula is C18H19FN4O2. The summed E-state index contributed by atoms with van der Waals surface area (Å²) >= 11 is 0. The van der Waals surface area contributed by atoms with Crippen LogP contribution in [0.2, 0.25) is 0 Å². The Balaban J connectivity index is 1.78. The van der Waals surface area contributed by atoms with Gasteiger partial charge in [0.05, 0.1) is 17.3 Å². The van der Waals surface area contributed by atoms with Gasteiger partial charge in [0.2, 0.25) is 5.91 Å². The summed E-state index contributed by atoms with van der Waals surface area (Å²) in [6.45, 7) is 3.97. The molecule has 1 saturated heterocycles. The molecule has 1 aliphatic rings. The number of benzene rings is 1. The van der Waals surface area contributed by atoms with E-state index in [0.29, 0.717) is 29.3 Å². The third-order valence-electron chi connectivity index (χ3n) is 4.30. The molecule has 0 spiro atoms. The van der Waals surface area contributed by atoms with Gasteiger partial charge in [0.25, 0.3) is 5.91 Å². The Labute approximate surface area is 145 Å². The molecule has 1 fully saturated rings. The van der Waals surface area contributed by atoms with Crippen molar-refractivity contribution in [2.24, 2.45) is 0 Å². The normalized spacial score (nSPS) is 16.8. The molecule has 2 amide bonds. The van der Waals surface area contributed by atoms with Crippen molar-refractivity contribution in [2.45, 2.75) is 32.7 Å². The Morgan fingerprint density at radius 1 is 1.28 bits per heavy atom. The van der Waals surface area contributed by atoms with Crippen LogP contribution in [0, 0.1) is 12.7 Å². The van der Waals surface area contributed by atoms with Crippen LogP contribution in [0.5, 0.6) is 0 Å². The number of carbonyl (C=O) groups excluding carboxylic acids is 2. The van der Waals surface area contributed by atoms with Gasteiger partial charge in [-0.15, -0.1) is 0 Å². The number of rotatable bonds is 3. The highest BCUT2D eigenvalue weighted by Gasteiger charge is 2.30. The van der Waals surface area contributed by atoms with Gasteiger partial charge < -0.3 is 10.2 Å². The predicted octanol–water partition coefficient (Wildman–Crippen LogP) is 2.86. The summed E-state index contributed by atoms with van der Waals surface area (Å²) in [6, 6.07) is 5.39. The Hall–Kier alpha value is -2.83. The summed E-state index contributed by atoms with van der Waals surface area (Å²) in [4.78, 5) is 34.6. The van der Waals surface area contributed by atoms with Gasteiger partial charge in [-0.3, -0.25) is 9.59 Å². The second-order valence-corrected chi connectivity index (χ2v) is 6.06. The van der Waals surface area contributed by atoms with E-state index in [1.54, 1.807) is 11.8 Å². The highest BCUT2D eigenvalue weighted by Crippen LogP contribution is 2.30. The van der Waals surface area contributed by atoms with E-state index in [9.17, 15) is 14.0 Å². The number of aryl methyl sites for hydroxylation is 1. The number of carbonyl (C=O) groups is 2. The number of amides is 2. The topological polar surface area (TPSA) is 75.2 Å². The number of nitrogens with zero attached hydrogens (tertiary/aromatic N) is 3. The Morgan fingerprint density at radius 2 is 2.00 bits per heavy atom. The zero-order valence-electron chi connectivity index (χ0n) is 14.1. The molecular weight excluding hydrogens is 323 g/mol. The molecule has 0 saturated carbocycles. The first-order valence-electron chi connectivity index (χ1n) is 8.13. The summed E-state index contributed by atoms with van der Waals surface area (Å²) in [5, 5.41) is 2.69. The zero-order chi connectivity index (χ0) is 18.0. The van der Waals surface area contributed by atoms with Gasteiger partial charge in [0.15, 0.2) is 5.82 Å². The highest BCUT2D eigenvalue weighted by molar-refractivity contribution is 6.04. The number of halogens is 1. The average Bonchev–Trinajstić information content (AvgIpc) is 3.06.